The number of likely N-dealkylation sites (tertiary alicyclic amines) is 2. The second kappa shape index (κ2) is 13.6. The first-order valence-electron chi connectivity index (χ1n) is 15.9. The lowest BCUT2D eigenvalue weighted by atomic mass is 10.0. The number of nitrogens with zero attached hydrogens (tertiary/aromatic N) is 7. The number of carbonyl (C=O) groups is 3. The number of rotatable bonds is 9. The molecule has 1 saturated carbocycles. The van der Waals surface area contributed by atoms with Gasteiger partial charge in [-0.25, -0.2) is 0 Å². The minimum absolute atomic E-state index is 0.0244. The third-order valence-corrected chi connectivity index (χ3v) is 9.87. The number of hydrogen-bond donors (Lipinski definition) is 3. The van der Waals surface area contributed by atoms with Crippen LogP contribution in [0.15, 0.2) is 48.5 Å². The summed E-state index contributed by atoms with van der Waals surface area (Å²) in [6.07, 6.45) is -3.11. The van der Waals surface area contributed by atoms with Gasteiger partial charge in [-0.2, -0.15) is 28.1 Å². The lowest BCUT2D eigenvalue weighted by Gasteiger charge is -2.21. The van der Waals surface area contributed by atoms with Gasteiger partial charge in [0.05, 0.1) is 5.54 Å². The smallest absolute Gasteiger partial charge is 0.422 e. The van der Waals surface area contributed by atoms with E-state index in [0.717, 1.165) is 18.4 Å². The number of amides is 3. The molecule has 2 unspecified atom stereocenters. The maximum absolute atomic E-state index is 13.4. The fraction of sp³-hybridized carbons (Fsp3) is 0.375. The van der Waals surface area contributed by atoms with E-state index in [4.69, 9.17) is 16.3 Å². The topological polar surface area (TPSA) is 167 Å². The number of aryl methyl sites for hydroxylation is 1. The van der Waals surface area contributed by atoms with Gasteiger partial charge in [-0.05, 0) is 61.7 Å². The van der Waals surface area contributed by atoms with Crippen LogP contribution in [0.5, 0.6) is 6.01 Å². The van der Waals surface area contributed by atoms with Crippen LogP contribution in [0.2, 0.25) is 5.02 Å². The van der Waals surface area contributed by atoms with Crippen LogP contribution in [-0.4, -0.2) is 91.6 Å². The van der Waals surface area contributed by atoms with Crippen molar-refractivity contribution >= 4 is 63.4 Å². The molecule has 2 aromatic carbocycles. The van der Waals surface area contributed by atoms with Crippen molar-refractivity contribution in [2.75, 3.05) is 48.7 Å². The van der Waals surface area contributed by atoms with Crippen molar-refractivity contribution in [2.24, 2.45) is 11.8 Å². The molecular weight excluding hydrogens is 713 g/mol. The van der Waals surface area contributed by atoms with Crippen molar-refractivity contribution in [3.05, 3.63) is 69.7 Å². The Morgan fingerprint density at radius 2 is 1.57 bits per heavy atom. The molecule has 266 valence electrons. The van der Waals surface area contributed by atoms with Gasteiger partial charge in [0.15, 0.2) is 6.61 Å². The van der Waals surface area contributed by atoms with E-state index in [0.29, 0.717) is 47.5 Å². The third kappa shape index (κ3) is 7.96. The Morgan fingerprint density at radius 1 is 0.922 bits per heavy atom. The predicted molar refractivity (Wildman–Crippen MR) is 180 cm³/mol. The molecule has 0 radical (unpaired) electrons. The SMILES string of the molecule is Cc1nnc(NC(=O)C(=O)N2CC3CN(C(=O)c4ccc(Nc5nc(NC6(c7ccc(Cl)cc7)CC6)nc(OCC(F)(F)F)n5)cc4)CC3C2)s1. The number of ether oxygens (including phenoxy) is 1. The van der Waals surface area contributed by atoms with Crippen molar-refractivity contribution in [1.82, 2.24) is 34.9 Å². The molecule has 3 N–H and O–H groups in total. The number of carbonyl (C=O) groups excluding carboxylic acids is 3. The molecule has 2 saturated heterocycles. The van der Waals surface area contributed by atoms with E-state index >= 15 is 0 Å². The summed E-state index contributed by atoms with van der Waals surface area (Å²) >= 11 is 7.21. The molecule has 19 heteroatoms. The van der Waals surface area contributed by atoms with Crippen molar-refractivity contribution in [3.8, 4) is 6.01 Å². The molecule has 0 spiro atoms. The van der Waals surface area contributed by atoms with Crippen molar-refractivity contribution in [1.29, 1.82) is 0 Å². The minimum Gasteiger partial charge on any atom is -0.454 e. The molecule has 4 heterocycles. The normalized spacial score (nSPS) is 19.0. The summed E-state index contributed by atoms with van der Waals surface area (Å²) in [5.74, 6) is -1.58. The highest BCUT2D eigenvalue weighted by Crippen LogP contribution is 2.48. The van der Waals surface area contributed by atoms with Gasteiger partial charge in [0.25, 0.3) is 5.91 Å². The van der Waals surface area contributed by atoms with Crippen molar-refractivity contribution in [2.45, 2.75) is 31.5 Å². The molecule has 14 nitrogen and oxygen atoms in total. The lowest BCUT2D eigenvalue weighted by Crippen LogP contribution is -2.40. The van der Waals surface area contributed by atoms with E-state index < -0.39 is 36.1 Å². The van der Waals surface area contributed by atoms with Gasteiger partial charge in [-0.15, -0.1) is 10.2 Å². The number of benzene rings is 2. The van der Waals surface area contributed by atoms with Crippen LogP contribution in [0, 0.1) is 18.8 Å². The molecule has 2 atom stereocenters. The Balaban J connectivity index is 0.977. The summed E-state index contributed by atoms with van der Waals surface area (Å²) in [5, 5.41) is 17.8. The molecule has 1 aliphatic carbocycles. The Morgan fingerprint density at radius 3 is 2.18 bits per heavy atom. The lowest BCUT2D eigenvalue weighted by molar-refractivity contribution is -0.154. The Labute approximate surface area is 297 Å². The summed E-state index contributed by atoms with van der Waals surface area (Å²) in [6, 6.07) is 13.2. The quantitative estimate of drug-likeness (QED) is 0.205. The zero-order chi connectivity index (χ0) is 35.9. The van der Waals surface area contributed by atoms with E-state index in [1.165, 1.54) is 16.2 Å². The number of aromatic nitrogens is 5. The van der Waals surface area contributed by atoms with Gasteiger partial charge in [0, 0.05) is 54.3 Å². The minimum atomic E-state index is -4.60. The fourth-order valence-electron chi connectivity index (χ4n) is 6.25. The monoisotopic (exact) mass is 742 g/mol. The predicted octanol–water partition coefficient (Wildman–Crippen LogP) is 4.64. The standard InChI is InChI=1S/C32H30ClF3N10O4S/c1-17-43-44-30(51-17)38-24(47)26(49)46-14-19-12-45(13-20(19)15-46)25(48)18-2-8-23(9-3-18)37-27-39-28(41-29(40-27)50-16-32(34,35)36)42-31(10-11-31)21-4-6-22(33)7-5-21/h2-9,19-20H,10-16H2,1H3,(H,38,44,47)(H2,37,39,40,41,42). The number of anilines is 4. The van der Waals surface area contributed by atoms with E-state index in [2.05, 4.69) is 41.1 Å². The van der Waals surface area contributed by atoms with Crippen LogP contribution < -0.4 is 20.7 Å². The van der Waals surface area contributed by atoms with Crippen LogP contribution in [0.25, 0.3) is 0 Å². The van der Waals surface area contributed by atoms with Crippen LogP contribution in [0.1, 0.15) is 33.8 Å². The molecule has 2 aliphatic heterocycles. The van der Waals surface area contributed by atoms with Crippen molar-refractivity contribution < 1.29 is 32.3 Å². The Kier molecular flexibility index (Phi) is 9.13. The molecule has 3 fully saturated rings. The van der Waals surface area contributed by atoms with Crippen LogP contribution in [-0.2, 0) is 15.1 Å². The molecule has 7 rings (SSSR count). The first-order chi connectivity index (χ1) is 24.3. The highest BCUT2D eigenvalue weighted by molar-refractivity contribution is 7.15. The average molecular weight is 743 g/mol. The summed E-state index contributed by atoms with van der Waals surface area (Å²) in [5.41, 5.74) is 1.31. The van der Waals surface area contributed by atoms with Gasteiger partial charge in [-0.3, -0.25) is 19.7 Å². The fourth-order valence-corrected chi connectivity index (χ4v) is 6.96. The summed E-state index contributed by atoms with van der Waals surface area (Å²) in [7, 11) is 0. The third-order valence-electron chi connectivity index (χ3n) is 8.87. The van der Waals surface area contributed by atoms with Gasteiger partial charge >= 0.3 is 24.0 Å². The van der Waals surface area contributed by atoms with E-state index in [1.54, 1.807) is 48.2 Å². The molecule has 3 aliphatic rings. The van der Waals surface area contributed by atoms with Crippen LogP contribution in [0.4, 0.5) is 35.9 Å². The van der Waals surface area contributed by atoms with Crippen LogP contribution in [0.3, 0.4) is 0 Å². The molecule has 4 aromatic rings. The second-order valence-electron chi connectivity index (χ2n) is 12.6. The molecule has 3 amide bonds. The van der Waals surface area contributed by atoms with Gasteiger partial charge in [-0.1, -0.05) is 35.1 Å². The molecule has 2 aromatic heterocycles. The molecular formula is C32H30ClF3N10O4S. The summed E-state index contributed by atoms with van der Waals surface area (Å²) < 4.78 is 43.7. The zero-order valence-corrected chi connectivity index (χ0v) is 28.5. The second-order valence-corrected chi connectivity index (χ2v) is 14.2. The number of nitrogens with one attached hydrogen (secondary N) is 3. The number of halogens is 4. The Bertz CT molecular complexity index is 1950. The number of fused-ring (bicyclic) bond motifs is 1. The van der Waals surface area contributed by atoms with Gasteiger partial charge in [0.2, 0.25) is 17.0 Å². The highest BCUT2D eigenvalue weighted by Gasteiger charge is 2.46. The zero-order valence-electron chi connectivity index (χ0n) is 26.9. The molecule has 0 bridgehead atoms. The summed E-state index contributed by atoms with van der Waals surface area (Å²) in [4.78, 5) is 54.3. The first kappa shape index (κ1) is 34.4. The maximum Gasteiger partial charge on any atom is 0.422 e. The van der Waals surface area contributed by atoms with E-state index in [9.17, 15) is 27.6 Å². The van der Waals surface area contributed by atoms with E-state index in [-0.39, 0.29) is 34.8 Å². The number of hydrogen-bond acceptors (Lipinski definition) is 12. The Hall–Kier alpha value is -5.10. The van der Waals surface area contributed by atoms with E-state index in [1.807, 2.05) is 12.1 Å². The van der Waals surface area contributed by atoms with Crippen molar-refractivity contribution in [3.63, 3.8) is 0 Å². The maximum atomic E-state index is 13.4. The largest absolute Gasteiger partial charge is 0.454 e. The van der Waals surface area contributed by atoms with Crippen LogP contribution >= 0.6 is 22.9 Å². The summed E-state index contributed by atoms with van der Waals surface area (Å²) in [6.45, 7) is 1.75. The van der Waals surface area contributed by atoms with Gasteiger partial charge in [0.1, 0.15) is 5.01 Å². The average Bonchev–Trinajstić information content (AvgIpc) is 3.35. The highest BCUT2D eigenvalue weighted by atomic mass is 35.5. The molecule has 51 heavy (non-hydrogen) atoms. The first-order valence-corrected chi connectivity index (χ1v) is 17.1. The number of alkyl halides is 3. The van der Waals surface area contributed by atoms with Gasteiger partial charge < -0.3 is 25.2 Å².